The van der Waals surface area contributed by atoms with E-state index in [1.807, 2.05) is 0 Å². The summed E-state index contributed by atoms with van der Waals surface area (Å²) >= 11 is -2.63. The van der Waals surface area contributed by atoms with Gasteiger partial charge in [-0.3, -0.25) is 0 Å². The van der Waals surface area contributed by atoms with Gasteiger partial charge in [0.1, 0.15) is 0 Å². The van der Waals surface area contributed by atoms with E-state index in [1.54, 1.807) is 0 Å². The second-order valence-corrected chi connectivity index (χ2v) is 3.42. The van der Waals surface area contributed by atoms with E-state index in [-0.39, 0.29) is 31.0 Å². The fourth-order valence-corrected chi connectivity index (χ4v) is 0.433. The fourth-order valence-electron chi connectivity index (χ4n) is 0.0833. The van der Waals surface area contributed by atoms with Crippen LogP contribution < -0.4 is 29.6 Å². The summed E-state index contributed by atoms with van der Waals surface area (Å²) in [6, 6.07) is 0. The van der Waals surface area contributed by atoms with E-state index in [9.17, 15) is 3.74 Å². The third-order valence-corrected chi connectivity index (χ3v) is 1.73. The molecule has 0 spiro atoms. The first kappa shape index (κ1) is 11.1. The van der Waals surface area contributed by atoms with Crippen LogP contribution in [0.15, 0.2) is 0 Å². The van der Waals surface area contributed by atoms with Gasteiger partial charge in [0.15, 0.2) is 0 Å². The van der Waals surface area contributed by atoms with Crippen molar-refractivity contribution in [1.29, 1.82) is 0 Å². The molecule has 3 nitrogen and oxygen atoms in total. The van der Waals surface area contributed by atoms with Crippen LogP contribution in [0.1, 0.15) is 1.43 Å². The summed E-state index contributed by atoms with van der Waals surface area (Å²) in [4.78, 5) is 0. The van der Waals surface area contributed by atoms with Gasteiger partial charge in [0.05, 0.1) is 0 Å². The number of hydrogen-bond acceptors (Lipinski definition) is 3. The Morgan fingerprint density at radius 3 is 1.71 bits per heavy atom. The molecule has 40 valence electrons. The third-order valence-electron chi connectivity index (χ3n) is 0.333. The van der Waals surface area contributed by atoms with Gasteiger partial charge in [-0.25, -0.2) is 0 Å². The smallest absolute Gasteiger partial charge is 1.00 e. The van der Waals surface area contributed by atoms with Crippen LogP contribution in [0, 0.1) is 0 Å². The SMILES string of the molecule is CO[AsH](=O)OC.[H-].[Na+]. The average Bonchev–Trinajstić information content (AvgIpc) is 1.65. The van der Waals surface area contributed by atoms with Crippen LogP contribution in [0.4, 0.5) is 0 Å². The summed E-state index contributed by atoms with van der Waals surface area (Å²) in [6.45, 7) is 0. The Morgan fingerprint density at radius 2 is 1.71 bits per heavy atom. The minimum atomic E-state index is -2.63. The summed E-state index contributed by atoms with van der Waals surface area (Å²) in [5.41, 5.74) is 0. The Labute approximate surface area is 71.3 Å². The zero-order chi connectivity index (χ0) is 4.99. The van der Waals surface area contributed by atoms with E-state index in [2.05, 4.69) is 7.45 Å². The second-order valence-electron chi connectivity index (χ2n) is 0.658. The molecule has 0 fully saturated rings. The van der Waals surface area contributed by atoms with E-state index in [1.165, 1.54) is 14.2 Å². The summed E-state index contributed by atoms with van der Waals surface area (Å²) in [6.07, 6.45) is 0. The van der Waals surface area contributed by atoms with Crippen LogP contribution >= 0.6 is 0 Å². The predicted octanol–water partition coefficient (Wildman–Crippen LogP) is -3.46. The molecular weight excluding hydrogens is 170 g/mol. The summed E-state index contributed by atoms with van der Waals surface area (Å²) < 4.78 is 18.6. The van der Waals surface area contributed by atoms with Gasteiger partial charge >= 0.3 is 70.2 Å². The normalized spacial score (nSPS) is 8.43. The van der Waals surface area contributed by atoms with Crippen molar-refractivity contribution >= 4 is 15.3 Å². The molecule has 0 radical (unpaired) electrons. The summed E-state index contributed by atoms with van der Waals surface area (Å²) in [7, 11) is 2.73. The van der Waals surface area contributed by atoms with Crippen molar-refractivity contribution in [1.82, 2.24) is 0 Å². The number of hydrogen-bond donors (Lipinski definition) is 0. The second kappa shape index (κ2) is 7.28. The maximum Gasteiger partial charge on any atom is 1.00 e. The molecule has 0 N–H and O–H groups in total. The molecule has 0 aromatic heterocycles. The molecule has 0 aliphatic heterocycles. The first-order valence-electron chi connectivity index (χ1n) is 1.43. The zero-order valence-corrected chi connectivity index (χ0v) is 8.82. The summed E-state index contributed by atoms with van der Waals surface area (Å²) in [5.74, 6) is 0. The quantitative estimate of drug-likeness (QED) is 0.412. The molecule has 0 saturated carbocycles. The summed E-state index contributed by atoms with van der Waals surface area (Å²) in [5, 5.41) is 0. The van der Waals surface area contributed by atoms with Crippen molar-refractivity contribution in [2.24, 2.45) is 0 Å². The number of rotatable bonds is 2. The Kier molecular flexibility index (Phi) is 11.6. The van der Waals surface area contributed by atoms with Crippen molar-refractivity contribution in [2.75, 3.05) is 14.2 Å². The van der Waals surface area contributed by atoms with Gasteiger partial charge in [0.25, 0.3) is 0 Å². The van der Waals surface area contributed by atoms with E-state index in [0.29, 0.717) is 0 Å². The van der Waals surface area contributed by atoms with Crippen molar-refractivity contribution in [3.63, 3.8) is 0 Å². The van der Waals surface area contributed by atoms with Gasteiger partial charge in [-0.1, -0.05) is 0 Å². The zero-order valence-electron chi connectivity index (χ0n) is 5.72. The van der Waals surface area contributed by atoms with Gasteiger partial charge in [0, 0.05) is 0 Å². The van der Waals surface area contributed by atoms with Crippen LogP contribution in [-0.4, -0.2) is 29.5 Å². The average molecular weight is 178 g/mol. The molecule has 0 aromatic carbocycles. The molecule has 0 rings (SSSR count). The topological polar surface area (TPSA) is 35.5 Å². The molecule has 7 heavy (non-hydrogen) atoms. The molecule has 0 aliphatic rings. The van der Waals surface area contributed by atoms with Crippen molar-refractivity contribution in [2.45, 2.75) is 0 Å². The minimum Gasteiger partial charge on any atom is -1.00 e. The van der Waals surface area contributed by atoms with Gasteiger partial charge in [-0.05, 0) is 0 Å². The van der Waals surface area contributed by atoms with E-state index in [0.717, 1.165) is 0 Å². The fraction of sp³-hybridized carbons (Fsp3) is 1.00. The van der Waals surface area contributed by atoms with Crippen molar-refractivity contribution in [3.8, 4) is 0 Å². The third kappa shape index (κ3) is 7.28. The first-order chi connectivity index (χ1) is 2.81. The van der Waals surface area contributed by atoms with Crippen LogP contribution in [0.2, 0.25) is 0 Å². The molecule has 0 aromatic rings. The van der Waals surface area contributed by atoms with Crippen molar-refractivity contribution < 1.29 is 42.2 Å². The molecule has 0 heterocycles. The van der Waals surface area contributed by atoms with Crippen LogP contribution in [-0.2, 0) is 11.2 Å². The molecule has 0 aliphatic carbocycles. The van der Waals surface area contributed by atoms with Gasteiger partial charge < -0.3 is 1.43 Å². The monoisotopic (exact) mass is 178 g/mol. The Hall–Kier alpha value is 1.28. The van der Waals surface area contributed by atoms with Gasteiger partial charge in [-0.15, -0.1) is 0 Å². The minimum absolute atomic E-state index is 0. The molecule has 0 amide bonds. The van der Waals surface area contributed by atoms with Gasteiger partial charge in [-0.2, -0.15) is 0 Å². The molecule has 0 bridgehead atoms. The largest absolute Gasteiger partial charge is 1.00 e. The molecule has 0 saturated heterocycles. The van der Waals surface area contributed by atoms with Crippen LogP contribution in [0.5, 0.6) is 0 Å². The molecular formula is C2H8AsNaO3. The van der Waals surface area contributed by atoms with E-state index >= 15 is 0 Å². The molecule has 0 unspecified atom stereocenters. The maximum absolute atomic E-state index is 9.99. The van der Waals surface area contributed by atoms with E-state index in [4.69, 9.17) is 0 Å². The maximum atomic E-state index is 9.99. The van der Waals surface area contributed by atoms with Crippen LogP contribution in [0.3, 0.4) is 0 Å². The Balaban J connectivity index is -0.000000125. The van der Waals surface area contributed by atoms with Crippen molar-refractivity contribution in [3.05, 3.63) is 0 Å². The first-order valence-corrected chi connectivity index (χ1v) is 4.00. The van der Waals surface area contributed by atoms with Gasteiger partial charge in [0.2, 0.25) is 0 Å². The molecule has 5 heteroatoms. The van der Waals surface area contributed by atoms with E-state index < -0.39 is 15.3 Å². The van der Waals surface area contributed by atoms with Crippen LogP contribution in [0.25, 0.3) is 0 Å². The standard InChI is InChI=1S/C2H7AsO3.Na.H/c1-5-3(4)6-2;;/h3H,1-2H3;;/q;+1;-1. The Bertz CT molecular complexity index is 55.2. The molecule has 0 atom stereocenters. The predicted molar refractivity (Wildman–Crippen MR) is 23.0 cm³/mol. The Morgan fingerprint density at radius 1 is 1.43 bits per heavy atom.